The lowest BCUT2D eigenvalue weighted by Gasteiger charge is -2.45. The summed E-state index contributed by atoms with van der Waals surface area (Å²) in [5, 5.41) is 0. The van der Waals surface area contributed by atoms with Gasteiger partial charge in [-0.15, -0.1) is 0 Å². The highest BCUT2D eigenvalue weighted by Crippen LogP contribution is 2.54. The number of fused-ring (bicyclic) bond motifs is 1. The van der Waals surface area contributed by atoms with Gasteiger partial charge in [0.1, 0.15) is 0 Å². The van der Waals surface area contributed by atoms with Crippen LogP contribution >= 0.6 is 0 Å². The monoisotopic (exact) mass is 472 g/mol. The van der Waals surface area contributed by atoms with Crippen LogP contribution in [-0.2, 0) is 40.0 Å². The number of methoxy groups -OCH3 is 1. The number of ether oxygens (including phenoxy) is 2. The molecule has 2 aliphatic rings. The van der Waals surface area contributed by atoms with Crippen LogP contribution in [0.4, 0.5) is 0 Å². The van der Waals surface area contributed by atoms with Crippen molar-refractivity contribution in [1.29, 1.82) is 0 Å². The van der Waals surface area contributed by atoms with Crippen LogP contribution in [-0.4, -0.2) is 40.0 Å². The average Bonchev–Trinajstić information content (AvgIpc) is 3.21. The van der Waals surface area contributed by atoms with Gasteiger partial charge in [-0.1, -0.05) is 48.5 Å². The van der Waals surface area contributed by atoms with Gasteiger partial charge in [0.15, 0.2) is 11.2 Å². The van der Waals surface area contributed by atoms with Crippen LogP contribution in [0.3, 0.4) is 0 Å². The Morgan fingerprint density at radius 3 is 2.33 bits per heavy atom. The van der Waals surface area contributed by atoms with E-state index < -0.39 is 33.5 Å². The van der Waals surface area contributed by atoms with E-state index in [0.717, 1.165) is 5.56 Å². The molecule has 2 aromatic carbocycles. The van der Waals surface area contributed by atoms with Crippen molar-refractivity contribution in [1.82, 2.24) is 0 Å². The zero-order chi connectivity index (χ0) is 23.5. The standard InChI is InChI=1S/C25H28O7S/c1-30-24(27)25-21(13-14-22(25)26)19(17-32-33(28,29)20-10-6-3-7-11-20)12-15-23(25)31-16-18-8-4-2-5-9-18/h2-11,19,21,23H,12-17H2,1H3/t19-,21+,23-,25+/m1/s1. The summed E-state index contributed by atoms with van der Waals surface area (Å²) in [6.07, 6.45) is 1.09. The van der Waals surface area contributed by atoms with Crippen molar-refractivity contribution in [2.24, 2.45) is 17.3 Å². The van der Waals surface area contributed by atoms with E-state index in [4.69, 9.17) is 13.7 Å². The molecule has 0 saturated heterocycles. The summed E-state index contributed by atoms with van der Waals surface area (Å²) in [4.78, 5) is 26.3. The first kappa shape index (κ1) is 23.6. The van der Waals surface area contributed by atoms with Gasteiger partial charge in [0.2, 0.25) is 0 Å². The molecule has 4 atom stereocenters. The molecular weight excluding hydrogens is 444 g/mol. The first-order valence-electron chi connectivity index (χ1n) is 11.1. The van der Waals surface area contributed by atoms with Gasteiger partial charge in [0, 0.05) is 6.42 Å². The van der Waals surface area contributed by atoms with Crippen molar-refractivity contribution >= 4 is 21.9 Å². The molecule has 7 nitrogen and oxygen atoms in total. The molecule has 8 heteroatoms. The molecule has 0 aromatic heterocycles. The summed E-state index contributed by atoms with van der Waals surface area (Å²) in [5.74, 6) is -1.50. The Hall–Kier alpha value is -2.55. The zero-order valence-corrected chi connectivity index (χ0v) is 19.3. The fraction of sp³-hybridized carbons (Fsp3) is 0.440. The number of rotatable bonds is 8. The summed E-state index contributed by atoms with van der Waals surface area (Å²) in [5.41, 5.74) is -0.495. The SMILES string of the molecule is COC(=O)[C@]12C(=O)CC[C@H]1[C@@H](COS(=O)(=O)c1ccccc1)CC[C@H]2OCc1ccccc1. The quantitative estimate of drug-likeness (QED) is 0.329. The first-order valence-corrected chi connectivity index (χ1v) is 12.5. The Bertz CT molecular complexity index is 1080. The number of hydrogen-bond donors (Lipinski definition) is 0. The molecule has 33 heavy (non-hydrogen) atoms. The Kier molecular flexibility index (Phi) is 6.97. The van der Waals surface area contributed by atoms with E-state index in [9.17, 15) is 18.0 Å². The molecule has 0 unspecified atom stereocenters. The van der Waals surface area contributed by atoms with Crippen LogP contribution in [0.1, 0.15) is 31.2 Å². The molecule has 0 amide bonds. The normalized spacial score (nSPS) is 27.2. The Morgan fingerprint density at radius 2 is 1.67 bits per heavy atom. The van der Waals surface area contributed by atoms with E-state index in [-0.39, 0.29) is 36.2 Å². The molecule has 0 heterocycles. The van der Waals surface area contributed by atoms with Crippen molar-refractivity contribution in [2.45, 2.75) is 43.3 Å². The fourth-order valence-corrected chi connectivity index (χ4v) is 6.31. The molecule has 4 rings (SSSR count). The van der Waals surface area contributed by atoms with E-state index >= 15 is 0 Å². The van der Waals surface area contributed by atoms with E-state index in [1.54, 1.807) is 18.2 Å². The first-order chi connectivity index (χ1) is 15.9. The van der Waals surface area contributed by atoms with E-state index in [0.29, 0.717) is 19.3 Å². The fourth-order valence-electron chi connectivity index (χ4n) is 5.33. The van der Waals surface area contributed by atoms with Crippen molar-refractivity contribution in [3.8, 4) is 0 Å². The van der Waals surface area contributed by atoms with Crippen LogP contribution in [0.15, 0.2) is 65.6 Å². The lowest BCUT2D eigenvalue weighted by atomic mass is 9.61. The topological polar surface area (TPSA) is 96.0 Å². The lowest BCUT2D eigenvalue weighted by molar-refractivity contribution is -0.182. The van der Waals surface area contributed by atoms with Crippen LogP contribution < -0.4 is 0 Å². The van der Waals surface area contributed by atoms with Gasteiger partial charge in [-0.3, -0.25) is 13.8 Å². The van der Waals surface area contributed by atoms with Crippen LogP contribution in [0, 0.1) is 17.3 Å². The van der Waals surface area contributed by atoms with Crippen LogP contribution in [0.25, 0.3) is 0 Å². The smallest absolute Gasteiger partial charge is 0.322 e. The molecule has 0 aliphatic heterocycles. The molecule has 0 bridgehead atoms. The maximum Gasteiger partial charge on any atom is 0.322 e. The third kappa shape index (κ3) is 4.47. The van der Waals surface area contributed by atoms with Gasteiger partial charge < -0.3 is 9.47 Å². The van der Waals surface area contributed by atoms with Gasteiger partial charge in [0.05, 0.1) is 31.3 Å². The number of carbonyl (C=O) groups is 2. The Morgan fingerprint density at radius 1 is 1.00 bits per heavy atom. The van der Waals surface area contributed by atoms with Gasteiger partial charge in [0.25, 0.3) is 10.1 Å². The van der Waals surface area contributed by atoms with Crippen molar-refractivity contribution in [2.75, 3.05) is 13.7 Å². The number of hydrogen-bond acceptors (Lipinski definition) is 7. The van der Waals surface area contributed by atoms with Gasteiger partial charge in [-0.2, -0.15) is 8.42 Å². The van der Waals surface area contributed by atoms with Crippen molar-refractivity contribution in [3.63, 3.8) is 0 Å². The number of esters is 1. The highest BCUT2D eigenvalue weighted by Gasteiger charge is 2.65. The molecule has 0 spiro atoms. The summed E-state index contributed by atoms with van der Waals surface area (Å²) in [7, 11) is -2.67. The molecule has 0 N–H and O–H groups in total. The molecule has 176 valence electrons. The predicted octanol–water partition coefficient (Wildman–Crippen LogP) is 3.53. The predicted molar refractivity (Wildman–Crippen MR) is 120 cm³/mol. The molecule has 2 aromatic rings. The summed E-state index contributed by atoms with van der Waals surface area (Å²) in [6, 6.07) is 17.5. The minimum absolute atomic E-state index is 0.0756. The number of carbonyl (C=O) groups excluding carboxylic acids is 2. The number of ketones is 1. The van der Waals surface area contributed by atoms with Crippen LogP contribution in [0.5, 0.6) is 0 Å². The van der Waals surface area contributed by atoms with E-state index in [2.05, 4.69) is 0 Å². The lowest BCUT2D eigenvalue weighted by Crippen LogP contribution is -2.57. The summed E-state index contributed by atoms with van der Waals surface area (Å²) >= 11 is 0. The third-order valence-electron chi connectivity index (χ3n) is 6.89. The molecule has 0 radical (unpaired) electrons. The van der Waals surface area contributed by atoms with Crippen LogP contribution in [0.2, 0.25) is 0 Å². The maximum atomic E-state index is 13.2. The van der Waals surface area contributed by atoms with E-state index in [1.807, 2.05) is 30.3 Å². The third-order valence-corrected chi connectivity index (χ3v) is 8.19. The molecular formula is C25H28O7S. The van der Waals surface area contributed by atoms with Gasteiger partial charge in [-0.25, -0.2) is 0 Å². The molecule has 2 fully saturated rings. The van der Waals surface area contributed by atoms with Gasteiger partial charge >= 0.3 is 5.97 Å². The Balaban J connectivity index is 1.56. The second kappa shape index (κ2) is 9.75. The number of Topliss-reactive ketones (excluding diaryl/α,β-unsaturated/α-hetero) is 1. The second-order valence-corrected chi connectivity index (χ2v) is 10.2. The largest absolute Gasteiger partial charge is 0.468 e. The second-order valence-electron chi connectivity index (χ2n) is 8.60. The zero-order valence-electron chi connectivity index (χ0n) is 18.5. The highest BCUT2D eigenvalue weighted by molar-refractivity contribution is 7.86. The molecule has 2 saturated carbocycles. The summed E-state index contributed by atoms with van der Waals surface area (Å²) in [6.45, 7) is 0.174. The molecule has 2 aliphatic carbocycles. The Labute approximate surface area is 194 Å². The maximum absolute atomic E-state index is 13.2. The van der Waals surface area contributed by atoms with Gasteiger partial charge in [-0.05, 0) is 48.8 Å². The minimum Gasteiger partial charge on any atom is -0.468 e. The van der Waals surface area contributed by atoms with Crippen molar-refractivity contribution < 1.29 is 31.7 Å². The summed E-state index contributed by atoms with van der Waals surface area (Å²) < 4.78 is 41.9. The minimum atomic E-state index is -3.94. The van der Waals surface area contributed by atoms with E-state index in [1.165, 1.54) is 19.2 Å². The highest BCUT2D eigenvalue weighted by atomic mass is 32.2. The number of benzene rings is 2. The van der Waals surface area contributed by atoms with Crippen molar-refractivity contribution in [3.05, 3.63) is 66.2 Å². The average molecular weight is 473 g/mol.